The molecule has 1 atom stereocenters. The summed E-state index contributed by atoms with van der Waals surface area (Å²) in [5, 5.41) is 0. The third kappa shape index (κ3) is 3.95. The molecule has 2 aliphatic rings. The molecule has 0 aromatic carbocycles. The van der Waals surface area contributed by atoms with E-state index in [2.05, 4.69) is 9.88 Å². The van der Waals surface area contributed by atoms with E-state index in [-0.39, 0.29) is 11.7 Å². The van der Waals surface area contributed by atoms with E-state index >= 15 is 0 Å². The highest BCUT2D eigenvalue weighted by atomic mass is 32.2. The van der Waals surface area contributed by atoms with Crippen LogP contribution in [0.25, 0.3) is 10.4 Å². The van der Waals surface area contributed by atoms with Crippen LogP contribution < -0.4 is 5.56 Å². The molecule has 158 valence electrons. The van der Waals surface area contributed by atoms with Crippen molar-refractivity contribution in [2.45, 2.75) is 62.7 Å². The maximum absolute atomic E-state index is 13.5. The Balaban J connectivity index is 1.67. The van der Waals surface area contributed by atoms with E-state index in [1.54, 1.807) is 10.4 Å². The van der Waals surface area contributed by atoms with E-state index in [1.165, 1.54) is 11.3 Å². The molecule has 4 rings (SSSR count). The first-order chi connectivity index (χ1) is 13.9. The highest BCUT2D eigenvalue weighted by Crippen LogP contribution is 2.36. The summed E-state index contributed by atoms with van der Waals surface area (Å²) in [6, 6.07) is 5.48. The molecule has 29 heavy (non-hydrogen) atoms. The first kappa shape index (κ1) is 20.8. The van der Waals surface area contributed by atoms with E-state index in [0.717, 1.165) is 61.3 Å². The van der Waals surface area contributed by atoms with E-state index < -0.39 is 10.0 Å². The number of nitrogens with zero attached hydrogens (tertiary/aromatic N) is 2. The van der Waals surface area contributed by atoms with Crippen molar-refractivity contribution in [1.29, 1.82) is 0 Å². The average molecular weight is 436 g/mol. The molecule has 0 amide bonds. The number of aromatic amines is 1. The van der Waals surface area contributed by atoms with Gasteiger partial charge in [0.1, 0.15) is 4.21 Å². The van der Waals surface area contributed by atoms with Crippen LogP contribution in [0.2, 0.25) is 0 Å². The monoisotopic (exact) mass is 435 g/mol. The number of thiophene rings is 1. The molecule has 2 aromatic heterocycles. The number of pyridine rings is 1. The van der Waals surface area contributed by atoms with Crippen LogP contribution in [0.5, 0.6) is 0 Å². The topological polar surface area (TPSA) is 73.5 Å². The zero-order chi connectivity index (χ0) is 20.6. The van der Waals surface area contributed by atoms with Gasteiger partial charge in [0.2, 0.25) is 0 Å². The summed E-state index contributed by atoms with van der Waals surface area (Å²) in [7, 11) is -3.53. The van der Waals surface area contributed by atoms with Crippen LogP contribution in [0.15, 0.2) is 27.2 Å². The van der Waals surface area contributed by atoms with E-state index in [1.807, 2.05) is 26.0 Å². The zero-order valence-corrected chi connectivity index (χ0v) is 18.7. The third-order valence-electron chi connectivity index (χ3n) is 6.09. The fourth-order valence-electron chi connectivity index (χ4n) is 4.48. The van der Waals surface area contributed by atoms with E-state index in [9.17, 15) is 13.2 Å². The second-order valence-corrected chi connectivity index (χ2v) is 11.2. The van der Waals surface area contributed by atoms with Crippen molar-refractivity contribution < 1.29 is 8.42 Å². The van der Waals surface area contributed by atoms with Gasteiger partial charge in [-0.3, -0.25) is 9.69 Å². The Kier molecular flexibility index (Phi) is 5.97. The number of aromatic nitrogens is 1. The lowest BCUT2D eigenvalue weighted by molar-refractivity contribution is 0.0914. The highest BCUT2D eigenvalue weighted by molar-refractivity contribution is 7.91. The average Bonchev–Trinajstić information content (AvgIpc) is 3.41. The second-order valence-electron chi connectivity index (χ2n) is 7.97. The first-order valence-corrected chi connectivity index (χ1v) is 12.8. The number of likely N-dealkylation sites (tertiary alicyclic amines) is 1. The van der Waals surface area contributed by atoms with E-state index in [0.29, 0.717) is 22.7 Å². The van der Waals surface area contributed by atoms with Gasteiger partial charge in [-0.25, -0.2) is 8.42 Å². The number of aryl methyl sites for hydroxylation is 2. The van der Waals surface area contributed by atoms with Gasteiger partial charge in [-0.05, 0) is 76.7 Å². The van der Waals surface area contributed by atoms with Crippen LogP contribution in [0.3, 0.4) is 0 Å². The molecule has 0 spiro atoms. The fourth-order valence-corrected chi connectivity index (χ4v) is 7.66. The third-order valence-corrected chi connectivity index (χ3v) is 9.57. The number of piperidine rings is 1. The van der Waals surface area contributed by atoms with Crippen molar-refractivity contribution in [3.05, 3.63) is 39.8 Å². The van der Waals surface area contributed by atoms with Gasteiger partial charge in [0.15, 0.2) is 0 Å². The standard InChI is InChI=1S/C21H29N3O3S2/c1-3-16-14-17(15(2)22-21(16)25)18-9-10-20(28-18)29(26,27)24-13-5-4-8-19(24)23-11-6-7-12-23/h9-10,14,19H,3-8,11-13H2,1-2H3,(H,22,25). The Morgan fingerprint density at radius 3 is 2.59 bits per heavy atom. The quantitative estimate of drug-likeness (QED) is 0.779. The maximum Gasteiger partial charge on any atom is 0.253 e. The molecular formula is C21H29N3O3S2. The van der Waals surface area contributed by atoms with Crippen LogP contribution in [0.4, 0.5) is 0 Å². The lowest BCUT2D eigenvalue weighted by Crippen LogP contribution is -2.52. The smallest absolute Gasteiger partial charge is 0.253 e. The van der Waals surface area contributed by atoms with Crippen molar-refractivity contribution in [1.82, 2.24) is 14.2 Å². The van der Waals surface area contributed by atoms with Crippen molar-refractivity contribution in [2.24, 2.45) is 0 Å². The van der Waals surface area contributed by atoms with Gasteiger partial charge in [-0.2, -0.15) is 4.31 Å². The minimum Gasteiger partial charge on any atom is -0.326 e. The summed E-state index contributed by atoms with van der Waals surface area (Å²) in [6.07, 6.45) is 5.85. The molecule has 1 N–H and O–H groups in total. The molecule has 4 heterocycles. The Bertz CT molecular complexity index is 1040. The Hall–Kier alpha value is -1.48. The number of hydrogen-bond acceptors (Lipinski definition) is 5. The predicted octanol–water partition coefficient (Wildman–Crippen LogP) is 3.57. The summed E-state index contributed by atoms with van der Waals surface area (Å²) in [5.74, 6) is 0. The first-order valence-electron chi connectivity index (χ1n) is 10.5. The van der Waals surface area contributed by atoms with Crippen LogP contribution in [0.1, 0.15) is 50.3 Å². The minimum atomic E-state index is -3.53. The normalized spacial score (nSPS) is 21.7. The number of nitrogens with one attached hydrogen (secondary N) is 1. The fraction of sp³-hybridized carbons (Fsp3) is 0.571. The molecule has 2 aromatic rings. The molecule has 2 aliphatic heterocycles. The molecule has 2 saturated heterocycles. The van der Waals surface area contributed by atoms with Crippen LogP contribution in [-0.2, 0) is 16.4 Å². The molecule has 0 radical (unpaired) electrons. The highest BCUT2D eigenvalue weighted by Gasteiger charge is 2.38. The molecule has 1 unspecified atom stereocenters. The number of rotatable bonds is 5. The van der Waals surface area contributed by atoms with Crippen molar-refractivity contribution in [3.8, 4) is 10.4 Å². The van der Waals surface area contributed by atoms with Crippen LogP contribution in [0, 0.1) is 6.92 Å². The summed E-state index contributed by atoms with van der Waals surface area (Å²) in [5.41, 5.74) is 2.32. The van der Waals surface area contributed by atoms with Crippen molar-refractivity contribution in [3.63, 3.8) is 0 Å². The van der Waals surface area contributed by atoms with Gasteiger partial charge >= 0.3 is 0 Å². The lowest BCUT2D eigenvalue weighted by atomic mass is 10.1. The van der Waals surface area contributed by atoms with Crippen LogP contribution in [-0.4, -0.2) is 48.4 Å². The number of H-pyrrole nitrogens is 1. The summed E-state index contributed by atoms with van der Waals surface area (Å²) in [6.45, 7) is 6.38. The van der Waals surface area contributed by atoms with Gasteiger partial charge in [0, 0.05) is 28.2 Å². The summed E-state index contributed by atoms with van der Waals surface area (Å²) in [4.78, 5) is 18.1. The largest absolute Gasteiger partial charge is 0.326 e. The Morgan fingerprint density at radius 1 is 1.14 bits per heavy atom. The molecule has 0 saturated carbocycles. The van der Waals surface area contributed by atoms with Gasteiger partial charge < -0.3 is 4.98 Å². The Morgan fingerprint density at radius 2 is 1.86 bits per heavy atom. The summed E-state index contributed by atoms with van der Waals surface area (Å²) >= 11 is 1.30. The molecule has 0 bridgehead atoms. The second kappa shape index (κ2) is 8.34. The SMILES string of the molecule is CCc1cc(-c2ccc(S(=O)(=O)N3CCCCC3N3CCCC3)s2)c(C)[nH]c1=O. The summed E-state index contributed by atoms with van der Waals surface area (Å²) < 4.78 is 29.1. The molecule has 8 heteroatoms. The number of hydrogen-bond donors (Lipinski definition) is 1. The van der Waals surface area contributed by atoms with Crippen molar-refractivity contribution >= 4 is 21.4 Å². The maximum atomic E-state index is 13.5. The van der Waals surface area contributed by atoms with Gasteiger partial charge in [0.25, 0.3) is 15.6 Å². The van der Waals surface area contributed by atoms with Crippen LogP contribution >= 0.6 is 11.3 Å². The minimum absolute atomic E-state index is 0.0108. The van der Waals surface area contributed by atoms with E-state index in [4.69, 9.17) is 0 Å². The Labute approximate surface area is 176 Å². The van der Waals surface area contributed by atoms with Crippen molar-refractivity contribution in [2.75, 3.05) is 19.6 Å². The predicted molar refractivity (Wildman–Crippen MR) is 117 cm³/mol. The molecule has 0 aliphatic carbocycles. The molecular weight excluding hydrogens is 406 g/mol. The zero-order valence-electron chi connectivity index (χ0n) is 17.1. The van der Waals surface area contributed by atoms with Gasteiger partial charge in [-0.15, -0.1) is 11.3 Å². The molecule has 2 fully saturated rings. The van der Waals surface area contributed by atoms with Gasteiger partial charge in [-0.1, -0.05) is 6.92 Å². The molecule has 6 nitrogen and oxygen atoms in total. The number of sulfonamides is 1. The lowest BCUT2D eigenvalue weighted by Gasteiger charge is -2.39. The van der Waals surface area contributed by atoms with Gasteiger partial charge in [0.05, 0.1) is 6.17 Å².